The van der Waals surface area contributed by atoms with Crippen molar-refractivity contribution in [1.82, 2.24) is 0 Å². The molecule has 4 rings (SSSR count). The Bertz CT molecular complexity index is 1220. The number of piperazine rings is 1. The summed E-state index contributed by atoms with van der Waals surface area (Å²) in [5.41, 5.74) is 2.92. The first-order valence-corrected chi connectivity index (χ1v) is 12.4. The summed E-state index contributed by atoms with van der Waals surface area (Å²) < 4.78 is 28.1. The van der Waals surface area contributed by atoms with Gasteiger partial charge in [-0.1, -0.05) is 37.3 Å². The van der Waals surface area contributed by atoms with E-state index in [0.717, 1.165) is 43.9 Å². The first-order valence-electron chi connectivity index (χ1n) is 10.9. The van der Waals surface area contributed by atoms with E-state index >= 15 is 0 Å². The Hall–Kier alpha value is -3.52. The van der Waals surface area contributed by atoms with E-state index in [4.69, 9.17) is 0 Å². The molecule has 3 aromatic rings. The monoisotopic (exact) mass is 465 g/mol. The fourth-order valence-electron chi connectivity index (χ4n) is 3.96. The van der Waals surface area contributed by atoms with Gasteiger partial charge < -0.3 is 14.9 Å². The number of sulfonamides is 1. The van der Waals surface area contributed by atoms with Crippen LogP contribution < -0.4 is 14.5 Å². The van der Waals surface area contributed by atoms with Crippen LogP contribution >= 0.6 is 0 Å². The average molecular weight is 466 g/mol. The number of anilines is 3. The molecule has 1 fully saturated rings. The molecular weight excluding hydrogens is 438 g/mol. The number of aromatic carboxylic acids is 1. The lowest BCUT2D eigenvalue weighted by Gasteiger charge is -2.37. The van der Waals surface area contributed by atoms with Gasteiger partial charge in [-0.15, -0.1) is 0 Å². The van der Waals surface area contributed by atoms with Crippen molar-refractivity contribution in [3.63, 3.8) is 0 Å². The first kappa shape index (κ1) is 22.7. The molecule has 2 N–H and O–H groups in total. The third kappa shape index (κ3) is 5.12. The number of nitrogens with zero attached hydrogens (tertiary/aromatic N) is 2. The summed E-state index contributed by atoms with van der Waals surface area (Å²) in [5, 5.41) is 9.75. The van der Waals surface area contributed by atoms with Gasteiger partial charge in [0, 0.05) is 37.6 Å². The van der Waals surface area contributed by atoms with Crippen LogP contribution in [0.4, 0.5) is 17.1 Å². The van der Waals surface area contributed by atoms with Gasteiger partial charge in [0.25, 0.3) is 10.0 Å². The van der Waals surface area contributed by atoms with Gasteiger partial charge in [0.15, 0.2) is 0 Å². The Kier molecular flexibility index (Phi) is 6.55. The topological polar surface area (TPSA) is 90.0 Å². The summed E-state index contributed by atoms with van der Waals surface area (Å²) in [6, 6.07) is 21.6. The van der Waals surface area contributed by atoms with Crippen LogP contribution in [0, 0.1) is 0 Å². The van der Waals surface area contributed by atoms with Gasteiger partial charge in [0.2, 0.25) is 0 Å². The molecule has 0 radical (unpaired) electrons. The second-order valence-electron chi connectivity index (χ2n) is 7.95. The standard InChI is InChI=1S/C25H27N3O4S/c1-2-19-8-11-22(12-9-19)33(31,32)26-24-13-10-21(18-23(24)25(29)30)28-16-14-27(15-17-28)20-6-4-3-5-7-20/h3-13,18,26H,2,14-17H2,1H3,(H,29,30). The van der Waals surface area contributed by atoms with Crippen molar-refractivity contribution in [2.24, 2.45) is 0 Å². The largest absolute Gasteiger partial charge is 0.478 e. The van der Waals surface area contributed by atoms with Crippen LogP contribution in [0.5, 0.6) is 0 Å². The molecule has 1 aliphatic rings. The van der Waals surface area contributed by atoms with Crippen molar-refractivity contribution < 1.29 is 18.3 Å². The number of aryl methyl sites for hydroxylation is 1. The van der Waals surface area contributed by atoms with Crippen molar-refractivity contribution in [3.8, 4) is 0 Å². The maximum Gasteiger partial charge on any atom is 0.337 e. The lowest BCUT2D eigenvalue weighted by Crippen LogP contribution is -2.46. The Labute approximate surface area is 194 Å². The molecular formula is C25H27N3O4S. The maximum atomic E-state index is 12.8. The van der Waals surface area contributed by atoms with E-state index in [1.54, 1.807) is 24.3 Å². The predicted molar refractivity (Wildman–Crippen MR) is 131 cm³/mol. The number of carbonyl (C=O) groups is 1. The molecule has 8 heteroatoms. The van der Waals surface area contributed by atoms with E-state index in [9.17, 15) is 18.3 Å². The van der Waals surface area contributed by atoms with Crippen molar-refractivity contribution in [2.75, 3.05) is 40.7 Å². The lowest BCUT2D eigenvalue weighted by molar-refractivity contribution is 0.0698. The summed E-state index contributed by atoms with van der Waals surface area (Å²) in [4.78, 5) is 16.4. The molecule has 0 aromatic heterocycles. The first-order chi connectivity index (χ1) is 15.9. The maximum absolute atomic E-state index is 12.8. The van der Waals surface area contributed by atoms with E-state index in [1.165, 1.54) is 23.9 Å². The van der Waals surface area contributed by atoms with E-state index in [1.807, 2.05) is 25.1 Å². The summed E-state index contributed by atoms with van der Waals surface area (Å²) in [6.07, 6.45) is 0.804. The second-order valence-corrected chi connectivity index (χ2v) is 9.63. The van der Waals surface area contributed by atoms with E-state index in [2.05, 4.69) is 26.7 Å². The molecule has 3 aromatic carbocycles. The van der Waals surface area contributed by atoms with Crippen LogP contribution in [0.3, 0.4) is 0 Å². The quantitative estimate of drug-likeness (QED) is 0.547. The fraction of sp³-hybridized carbons (Fsp3) is 0.240. The van der Waals surface area contributed by atoms with Gasteiger partial charge in [-0.2, -0.15) is 0 Å². The van der Waals surface area contributed by atoms with Gasteiger partial charge in [-0.05, 0) is 54.4 Å². The molecule has 0 amide bonds. The minimum Gasteiger partial charge on any atom is -0.478 e. The minimum atomic E-state index is -3.90. The number of hydrogen-bond acceptors (Lipinski definition) is 5. The van der Waals surface area contributed by atoms with Crippen LogP contribution in [0.2, 0.25) is 0 Å². The van der Waals surface area contributed by atoms with Gasteiger partial charge in [0.1, 0.15) is 0 Å². The molecule has 1 saturated heterocycles. The number of nitrogens with one attached hydrogen (secondary N) is 1. The van der Waals surface area contributed by atoms with Crippen molar-refractivity contribution in [3.05, 3.63) is 83.9 Å². The average Bonchev–Trinajstić information content (AvgIpc) is 2.84. The molecule has 1 heterocycles. The third-order valence-corrected chi connectivity index (χ3v) is 7.27. The normalized spacial score (nSPS) is 14.2. The molecule has 0 bridgehead atoms. The van der Waals surface area contributed by atoms with Gasteiger partial charge in [-0.3, -0.25) is 4.72 Å². The van der Waals surface area contributed by atoms with Crippen LogP contribution in [-0.4, -0.2) is 45.7 Å². The highest BCUT2D eigenvalue weighted by atomic mass is 32.2. The van der Waals surface area contributed by atoms with Gasteiger partial charge >= 0.3 is 5.97 Å². The molecule has 0 atom stereocenters. The van der Waals surface area contributed by atoms with Crippen molar-refractivity contribution in [1.29, 1.82) is 0 Å². The zero-order valence-electron chi connectivity index (χ0n) is 18.4. The summed E-state index contributed by atoms with van der Waals surface area (Å²) in [5.74, 6) is -1.18. The number of carboxylic acids is 1. The molecule has 172 valence electrons. The summed E-state index contributed by atoms with van der Waals surface area (Å²) >= 11 is 0. The van der Waals surface area contributed by atoms with E-state index in [0.29, 0.717) is 0 Å². The molecule has 0 saturated carbocycles. The van der Waals surface area contributed by atoms with Crippen LogP contribution in [-0.2, 0) is 16.4 Å². The number of carboxylic acid groups (broad SMARTS) is 1. The van der Waals surface area contributed by atoms with Crippen LogP contribution in [0.25, 0.3) is 0 Å². The van der Waals surface area contributed by atoms with Crippen LogP contribution in [0.1, 0.15) is 22.8 Å². The molecule has 0 aliphatic carbocycles. The van der Waals surface area contributed by atoms with Gasteiger partial charge in [-0.25, -0.2) is 13.2 Å². The zero-order chi connectivity index (χ0) is 23.4. The molecule has 0 spiro atoms. The van der Waals surface area contributed by atoms with Crippen LogP contribution in [0.15, 0.2) is 77.7 Å². The highest BCUT2D eigenvalue weighted by molar-refractivity contribution is 7.92. The molecule has 33 heavy (non-hydrogen) atoms. The molecule has 7 nitrogen and oxygen atoms in total. The van der Waals surface area contributed by atoms with E-state index in [-0.39, 0.29) is 16.1 Å². The smallest absolute Gasteiger partial charge is 0.337 e. The number of benzene rings is 3. The molecule has 1 aliphatic heterocycles. The highest BCUT2D eigenvalue weighted by Gasteiger charge is 2.22. The fourth-order valence-corrected chi connectivity index (χ4v) is 5.04. The van der Waals surface area contributed by atoms with Crippen molar-refractivity contribution in [2.45, 2.75) is 18.2 Å². The number of rotatable bonds is 7. The Balaban J connectivity index is 1.51. The highest BCUT2D eigenvalue weighted by Crippen LogP contribution is 2.27. The Morgan fingerprint density at radius 3 is 2.06 bits per heavy atom. The van der Waals surface area contributed by atoms with E-state index < -0.39 is 16.0 Å². The summed E-state index contributed by atoms with van der Waals surface area (Å²) in [6.45, 7) is 5.10. The third-order valence-electron chi connectivity index (χ3n) is 5.89. The van der Waals surface area contributed by atoms with Gasteiger partial charge in [0.05, 0.1) is 16.1 Å². The zero-order valence-corrected chi connectivity index (χ0v) is 19.3. The Morgan fingerprint density at radius 2 is 1.48 bits per heavy atom. The lowest BCUT2D eigenvalue weighted by atomic mass is 10.1. The Morgan fingerprint density at radius 1 is 0.879 bits per heavy atom. The van der Waals surface area contributed by atoms with Crippen molar-refractivity contribution >= 4 is 33.1 Å². The molecule has 0 unspecified atom stereocenters. The number of hydrogen-bond donors (Lipinski definition) is 2. The minimum absolute atomic E-state index is 0.0498. The summed E-state index contributed by atoms with van der Waals surface area (Å²) in [7, 11) is -3.90. The number of para-hydroxylation sites is 1. The SMILES string of the molecule is CCc1ccc(S(=O)(=O)Nc2ccc(N3CCN(c4ccccc4)CC3)cc2C(=O)O)cc1. The second kappa shape index (κ2) is 9.54. The predicted octanol–water partition coefficient (Wildman–Crippen LogP) is 4.07.